The molecule has 1 amide bonds. The molecule has 0 spiro atoms. The summed E-state index contributed by atoms with van der Waals surface area (Å²) >= 11 is 0. The predicted octanol–water partition coefficient (Wildman–Crippen LogP) is 3.17. The van der Waals surface area contributed by atoms with Crippen LogP contribution in [0, 0.1) is 0 Å². The molecule has 0 fully saturated rings. The van der Waals surface area contributed by atoms with E-state index in [9.17, 15) is 9.59 Å². The van der Waals surface area contributed by atoms with Crippen LogP contribution in [-0.2, 0) is 0 Å². The average Bonchev–Trinajstić information content (AvgIpc) is 2.88. The summed E-state index contributed by atoms with van der Waals surface area (Å²) in [6.07, 6.45) is 0. The van der Waals surface area contributed by atoms with E-state index in [-0.39, 0.29) is 17.4 Å². The maximum atomic E-state index is 12.5. The molecule has 4 heteroatoms. The first kappa shape index (κ1) is 13.4. The van der Waals surface area contributed by atoms with E-state index in [1.54, 1.807) is 30.3 Å². The van der Waals surface area contributed by atoms with Gasteiger partial charge in [0.05, 0.1) is 0 Å². The van der Waals surface area contributed by atoms with Crippen molar-refractivity contribution in [3.8, 4) is 0 Å². The zero-order valence-electron chi connectivity index (χ0n) is 12.1. The minimum absolute atomic E-state index is 0.162. The Kier molecular flexibility index (Phi) is 3.01. The minimum atomic E-state index is -0.339. The van der Waals surface area contributed by atoms with E-state index in [0.717, 1.165) is 16.3 Å². The molecule has 0 radical (unpaired) electrons. The van der Waals surface area contributed by atoms with Crippen LogP contribution in [0.1, 0.15) is 26.3 Å². The molecule has 23 heavy (non-hydrogen) atoms. The fraction of sp³-hybridized carbons (Fsp3) is 0. The third-order valence-electron chi connectivity index (χ3n) is 3.92. The highest BCUT2D eigenvalue weighted by Crippen LogP contribution is 2.30. The van der Waals surface area contributed by atoms with Crippen molar-refractivity contribution in [3.63, 3.8) is 0 Å². The number of ketones is 1. The third kappa shape index (κ3) is 2.12. The zero-order chi connectivity index (χ0) is 15.8. The number of hydrogen-bond donors (Lipinski definition) is 1. The van der Waals surface area contributed by atoms with Gasteiger partial charge in [0.25, 0.3) is 5.91 Å². The Hall–Kier alpha value is -3.27. The van der Waals surface area contributed by atoms with E-state index in [0.29, 0.717) is 11.1 Å². The minimum Gasteiger partial charge on any atom is -0.287 e. The lowest BCUT2D eigenvalue weighted by molar-refractivity contribution is 0.0955. The van der Waals surface area contributed by atoms with Crippen LogP contribution in [0.15, 0.2) is 71.8 Å². The van der Waals surface area contributed by atoms with Crippen molar-refractivity contribution in [2.24, 2.45) is 5.10 Å². The van der Waals surface area contributed by atoms with Crippen molar-refractivity contribution in [1.29, 1.82) is 0 Å². The molecule has 0 aliphatic heterocycles. The van der Waals surface area contributed by atoms with Crippen LogP contribution < -0.4 is 5.43 Å². The highest BCUT2D eigenvalue weighted by molar-refractivity contribution is 6.59. The Labute approximate surface area is 132 Å². The van der Waals surface area contributed by atoms with Crippen molar-refractivity contribution < 1.29 is 9.59 Å². The van der Waals surface area contributed by atoms with Crippen LogP contribution >= 0.6 is 0 Å². The Morgan fingerprint density at radius 3 is 2.26 bits per heavy atom. The first-order valence-corrected chi connectivity index (χ1v) is 7.25. The summed E-state index contributed by atoms with van der Waals surface area (Å²) in [4.78, 5) is 24.6. The maximum absolute atomic E-state index is 12.5. The Bertz CT molecular complexity index is 970. The number of rotatable bonds is 2. The highest BCUT2D eigenvalue weighted by atomic mass is 16.2. The second-order valence-corrected chi connectivity index (χ2v) is 5.31. The molecule has 4 rings (SSSR count). The molecule has 1 N–H and O–H groups in total. The van der Waals surface area contributed by atoms with Gasteiger partial charge < -0.3 is 0 Å². The number of carbonyl (C=O) groups excluding carboxylic acids is 2. The monoisotopic (exact) mass is 300 g/mol. The summed E-state index contributed by atoms with van der Waals surface area (Å²) < 4.78 is 0. The number of nitrogens with one attached hydrogen (secondary N) is 1. The second-order valence-electron chi connectivity index (χ2n) is 5.31. The first-order chi connectivity index (χ1) is 11.3. The highest BCUT2D eigenvalue weighted by Gasteiger charge is 2.28. The number of amides is 1. The number of hydrogen-bond acceptors (Lipinski definition) is 3. The molecular formula is C19H12N2O2. The van der Waals surface area contributed by atoms with E-state index in [1.165, 1.54) is 0 Å². The molecule has 1 aliphatic rings. The van der Waals surface area contributed by atoms with Crippen molar-refractivity contribution in [3.05, 3.63) is 83.4 Å². The summed E-state index contributed by atoms with van der Waals surface area (Å²) in [6, 6.07) is 20.1. The summed E-state index contributed by atoms with van der Waals surface area (Å²) in [6.45, 7) is 0. The largest absolute Gasteiger partial charge is 0.287 e. The quantitative estimate of drug-likeness (QED) is 0.739. The molecule has 0 unspecified atom stereocenters. The molecule has 0 saturated heterocycles. The smallest absolute Gasteiger partial charge is 0.271 e. The van der Waals surface area contributed by atoms with E-state index in [4.69, 9.17) is 0 Å². The van der Waals surface area contributed by atoms with E-state index < -0.39 is 0 Å². The normalized spacial score (nSPS) is 14.4. The lowest BCUT2D eigenvalue weighted by Crippen LogP contribution is -2.22. The SMILES string of the molecule is O=C(NN=C1C(=O)c2cccc3cccc1c23)c1ccccc1. The van der Waals surface area contributed by atoms with E-state index in [1.807, 2.05) is 36.4 Å². The van der Waals surface area contributed by atoms with Crippen molar-refractivity contribution >= 4 is 28.2 Å². The average molecular weight is 300 g/mol. The molecule has 3 aromatic rings. The molecule has 0 aromatic heterocycles. The van der Waals surface area contributed by atoms with Gasteiger partial charge in [-0.05, 0) is 17.5 Å². The van der Waals surface area contributed by atoms with E-state index >= 15 is 0 Å². The summed E-state index contributed by atoms with van der Waals surface area (Å²) in [5.74, 6) is -0.501. The summed E-state index contributed by atoms with van der Waals surface area (Å²) in [5.41, 5.74) is 4.65. The Balaban J connectivity index is 1.73. The fourth-order valence-corrected chi connectivity index (χ4v) is 2.85. The lowest BCUT2D eigenvalue weighted by Gasteiger charge is -2.02. The Morgan fingerprint density at radius 1 is 0.826 bits per heavy atom. The van der Waals surface area contributed by atoms with Gasteiger partial charge in [0.15, 0.2) is 0 Å². The van der Waals surface area contributed by atoms with Crippen LogP contribution in [0.4, 0.5) is 0 Å². The number of benzene rings is 3. The molecule has 3 aromatic carbocycles. The number of nitrogens with zero attached hydrogens (tertiary/aromatic N) is 1. The Morgan fingerprint density at radius 2 is 1.52 bits per heavy atom. The van der Waals surface area contributed by atoms with Gasteiger partial charge in [0.2, 0.25) is 5.78 Å². The van der Waals surface area contributed by atoms with Gasteiger partial charge in [0.1, 0.15) is 5.71 Å². The standard InChI is InChI=1S/C19H12N2O2/c22-18-15-11-5-9-12-8-4-10-14(16(12)15)17(18)20-21-19(23)13-6-2-1-3-7-13/h1-11H,(H,21,23). The zero-order valence-corrected chi connectivity index (χ0v) is 12.1. The molecule has 0 heterocycles. The van der Waals surface area contributed by atoms with Crippen molar-refractivity contribution in [1.82, 2.24) is 5.43 Å². The van der Waals surface area contributed by atoms with Gasteiger partial charge in [0, 0.05) is 22.1 Å². The van der Waals surface area contributed by atoms with Crippen molar-refractivity contribution in [2.75, 3.05) is 0 Å². The fourth-order valence-electron chi connectivity index (χ4n) is 2.85. The molecular weight excluding hydrogens is 288 g/mol. The van der Waals surface area contributed by atoms with Crippen LogP contribution in [0.3, 0.4) is 0 Å². The van der Waals surface area contributed by atoms with Crippen LogP contribution in [0.2, 0.25) is 0 Å². The van der Waals surface area contributed by atoms with Crippen LogP contribution in [0.5, 0.6) is 0 Å². The third-order valence-corrected chi connectivity index (χ3v) is 3.92. The molecule has 0 bridgehead atoms. The van der Waals surface area contributed by atoms with Crippen LogP contribution in [-0.4, -0.2) is 17.4 Å². The van der Waals surface area contributed by atoms with Gasteiger partial charge in [-0.3, -0.25) is 9.59 Å². The van der Waals surface area contributed by atoms with Gasteiger partial charge >= 0.3 is 0 Å². The maximum Gasteiger partial charge on any atom is 0.271 e. The van der Waals surface area contributed by atoms with E-state index in [2.05, 4.69) is 10.5 Å². The van der Waals surface area contributed by atoms with Gasteiger partial charge in [-0.15, -0.1) is 0 Å². The molecule has 4 nitrogen and oxygen atoms in total. The van der Waals surface area contributed by atoms with Gasteiger partial charge in [-0.25, -0.2) is 5.43 Å². The van der Waals surface area contributed by atoms with Gasteiger partial charge in [-0.1, -0.05) is 54.6 Å². The summed E-state index contributed by atoms with van der Waals surface area (Å²) in [5, 5.41) is 5.98. The van der Waals surface area contributed by atoms with Gasteiger partial charge in [-0.2, -0.15) is 5.10 Å². The molecule has 1 aliphatic carbocycles. The summed E-state index contributed by atoms with van der Waals surface area (Å²) in [7, 11) is 0. The number of carbonyl (C=O) groups is 2. The van der Waals surface area contributed by atoms with Crippen molar-refractivity contribution in [2.45, 2.75) is 0 Å². The molecule has 110 valence electrons. The molecule has 0 saturated carbocycles. The molecule has 0 atom stereocenters. The lowest BCUT2D eigenvalue weighted by atomic mass is 10.1. The topological polar surface area (TPSA) is 58.5 Å². The predicted molar refractivity (Wildman–Crippen MR) is 88.7 cm³/mol. The van der Waals surface area contributed by atoms with Crippen LogP contribution in [0.25, 0.3) is 10.8 Å². The second kappa shape index (κ2) is 5.18. The first-order valence-electron chi connectivity index (χ1n) is 7.25. The number of hydrazone groups is 1. The number of Topliss-reactive ketones (excluding diaryl/α,β-unsaturated/α-hetero) is 1.